The number of hydrogen-bond acceptors (Lipinski definition) is 8. The molecule has 3 amide bonds. The molecule has 8 N–H and O–H groups in total. The number of aromatic amines is 1. The van der Waals surface area contributed by atoms with Crippen LogP contribution in [0.4, 0.5) is 0 Å². The van der Waals surface area contributed by atoms with Crippen molar-refractivity contribution in [2.24, 2.45) is 5.73 Å². The number of imidazole rings is 1. The fraction of sp³-hybridized carbons (Fsp3) is 0.529. The van der Waals surface area contributed by atoms with Gasteiger partial charge in [-0.15, -0.1) is 0 Å². The van der Waals surface area contributed by atoms with E-state index >= 15 is 0 Å². The van der Waals surface area contributed by atoms with Crippen molar-refractivity contribution in [2.75, 3.05) is 18.6 Å². The molecule has 0 aliphatic heterocycles. The molecule has 0 aliphatic rings. The van der Waals surface area contributed by atoms with Gasteiger partial charge in [0, 0.05) is 18.3 Å². The van der Waals surface area contributed by atoms with Crippen LogP contribution in [0.3, 0.4) is 0 Å². The summed E-state index contributed by atoms with van der Waals surface area (Å²) in [5, 5.41) is 25.0. The lowest BCUT2D eigenvalue weighted by atomic mass is 10.1. The average Bonchev–Trinajstić information content (AvgIpc) is 3.21. The third-order valence-corrected chi connectivity index (χ3v) is 4.65. The Morgan fingerprint density at radius 3 is 2.42 bits per heavy atom. The van der Waals surface area contributed by atoms with Gasteiger partial charge in [0.05, 0.1) is 25.3 Å². The first-order valence-electron chi connectivity index (χ1n) is 9.17. The molecule has 0 aromatic carbocycles. The minimum absolute atomic E-state index is 0.0260. The van der Waals surface area contributed by atoms with Gasteiger partial charge in [-0.2, -0.15) is 11.8 Å². The summed E-state index contributed by atoms with van der Waals surface area (Å²) in [6.07, 6.45) is 4.22. The van der Waals surface area contributed by atoms with E-state index in [1.807, 2.05) is 0 Å². The van der Waals surface area contributed by atoms with Crippen LogP contribution < -0.4 is 21.7 Å². The van der Waals surface area contributed by atoms with E-state index in [1.54, 1.807) is 6.26 Å². The summed E-state index contributed by atoms with van der Waals surface area (Å²) in [6.45, 7) is -0.522. The quantitative estimate of drug-likeness (QED) is 0.158. The van der Waals surface area contributed by atoms with Crippen LogP contribution in [0, 0.1) is 0 Å². The fourth-order valence-electron chi connectivity index (χ4n) is 2.42. The van der Waals surface area contributed by atoms with Gasteiger partial charge in [0.1, 0.15) is 12.1 Å². The highest BCUT2D eigenvalue weighted by atomic mass is 32.2. The third-order valence-electron chi connectivity index (χ3n) is 4.01. The number of carbonyl (C=O) groups is 5. The number of carboxylic acid groups (broad SMARTS) is 2. The summed E-state index contributed by atoms with van der Waals surface area (Å²) in [5.41, 5.74) is 5.92. The van der Waals surface area contributed by atoms with E-state index in [2.05, 4.69) is 25.9 Å². The van der Waals surface area contributed by atoms with E-state index in [4.69, 9.17) is 10.8 Å². The zero-order chi connectivity index (χ0) is 23.4. The Balaban J connectivity index is 2.67. The van der Waals surface area contributed by atoms with Crippen LogP contribution in [0.15, 0.2) is 12.5 Å². The van der Waals surface area contributed by atoms with Crippen molar-refractivity contribution in [3.05, 3.63) is 18.2 Å². The van der Waals surface area contributed by atoms with Crippen LogP contribution in [0.5, 0.6) is 0 Å². The lowest BCUT2D eigenvalue weighted by molar-refractivity contribution is -0.142. The van der Waals surface area contributed by atoms with Crippen LogP contribution >= 0.6 is 11.8 Å². The first-order valence-corrected chi connectivity index (χ1v) is 10.6. The van der Waals surface area contributed by atoms with Crippen LogP contribution in [0.2, 0.25) is 0 Å². The first kappa shape index (κ1) is 25.9. The zero-order valence-electron chi connectivity index (χ0n) is 16.8. The highest BCUT2D eigenvalue weighted by Gasteiger charge is 2.27. The maximum absolute atomic E-state index is 12.6. The molecule has 3 atom stereocenters. The van der Waals surface area contributed by atoms with Gasteiger partial charge >= 0.3 is 11.9 Å². The molecule has 172 valence electrons. The van der Waals surface area contributed by atoms with Crippen molar-refractivity contribution in [3.8, 4) is 0 Å². The maximum atomic E-state index is 12.6. The summed E-state index contributed by atoms with van der Waals surface area (Å²) in [4.78, 5) is 65.1. The summed E-state index contributed by atoms with van der Waals surface area (Å²) in [6, 6.07) is -3.59. The van der Waals surface area contributed by atoms with Gasteiger partial charge in [0.2, 0.25) is 17.7 Å². The zero-order valence-corrected chi connectivity index (χ0v) is 17.6. The molecule has 0 saturated carbocycles. The summed E-state index contributed by atoms with van der Waals surface area (Å²) < 4.78 is 0. The van der Waals surface area contributed by atoms with Gasteiger partial charge < -0.3 is 36.9 Å². The Bertz CT molecular complexity index is 773. The molecule has 31 heavy (non-hydrogen) atoms. The maximum Gasteiger partial charge on any atom is 0.326 e. The topological polar surface area (TPSA) is 217 Å². The predicted molar refractivity (Wildman–Crippen MR) is 110 cm³/mol. The molecule has 1 rings (SSSR count). The normalized spacial score (nSPS) is 13.5. The second-order valence-corrected chi connectivity index (χ2v) is 7.49. The molecule has 0 fully saturated rings. The van der Waals surface area contributed by atoms with Crippen molar-refractivity contribution in [1.82, 2.24) is 25.9 Å². The lowest BCUT2D eigenvalue weighted by Crippen LogP contribution is -2.54. The number of hydrogen-bond donors (Lipinski definition) is 7. The second-order valence-electron chi connectivity index (χ2n) is 6.50. The molecule has 3 unspecified atom stereocenters. The van der Waals surface area contributed by atoms with Crippen LogP contribution in [0.1, 0.15) is 18.5 Å². The monoisotopic (exact) mass is 458 g/mol. The summed E-state index contributed by atoms with van der Waals surface area (Å²) in [5.74, 6) is -4.23. The number of carboxylic acids is 2. The first-order chi connectivity index (χ1) is 14.6. The Kier molecular flexibility index (Phi) is 11.1. The van der Waals surface area contributed by atoms with Crippen molar-refractivity contribution < 1.29 is 34.2 Å². The van der Waals surface area contributed by atoms with Crippen molar-refractivity contribution >= 4 is 41.4 Å². The molecular formula is C17H26N6O7S. The van der Waals surface area contributed by atoms with Crippen LogP contribution in [0.25, 0.3) is 0 Å². The highest BCUT2D eigenvalue weighted by molar-refractivity contribution is 7.98. The molecule has 0 spiro atoms. The largest absolute Gasteiger partial charge is 0.481 e. The number of nitrogens with one attached hydrogen (secondary N) is 4. The van der Waals surface area contributed by atoms with E-state index in [0.29, 0.717) is 11.4 Å². The van der Waals surface area contributed by atoms with Gasteiger partial charge in [-0.05, 0) is 18.4 Å². The van der Waals surface area contributed by atoms with Crippen molar-refractivity contribution in [3.63, 3.8) is 0 Å². The van der Waals surface area contributed by atoms with E-state index in [-0.39, 0.29) is 12.8 Å². The molecule has 0 aliphatic carbocycles. The number of rotatable bonds is 14. The Morgan fingerprint density at radius 2 is 1.87 bits per heavy atom. The van der Waals surface area contributed by atoms with Crippen LogP contribution in [-0.2, 0) is 30.4 Å². The molecular weight excluding hydrogens is 432 g/mol. The molecule has 13 nitrogen and oxygen atoms in total. The Morgan fingerprint density at radius 1 is 1.16 bits per heavy atom. The molecule has 14 heteroatoms. The molecule has 0 radical (unpaired) electrons. The number of aromatic nitrogens is 2. The fourth-order valence-corrected chi connectivity index (χ4v) is 2.89. The van der Waals surface area contributed by atoms with E-state index in [1.165, 1.54) is 24.3 Å². The number of thioether (sulfide) groups is 1. The minimum atomic E-state index is -1.32. The second kappa shape index (κ2) is 13.2. The number of nitrogens with two attached hydrogens (primary N) is 1. The average molecular weight is 458 g/mol. The molecule has 1 aromatic rings. The standard InChI is InChI=1S/C17H26N6O7S/c1-31-3-2-11(22-13(24)7-20-15(27)10(18)5-14(25)26)16(28)23-12(17(29)30)4-9-6-19-8-21-9/h6,8,10-12H,2-5,7,18H2,1H3,(H,19,21)(H,20,27)(H,22,24)(H,23,28)(H,25,26)(H,29,30). The number of aliphatic carboxylic acids is 2. The third kappa shape index (κ3) is 9.95. The van der Waals surface area contributed by atoms with E-state index in [0.717, 1.165) is 0 Å². The number of H-pyrrole nitrogens is 1. The highest BCUT2D eigenvalue weighted by Crippen LogP contribution is 2.04. The van der Waals surface area contributed by atoms with Crippen LogP contribution in [-0.4, -0.2) is 86.5 Å². The number of amides is 3. The molecule has 1 heterocycles. The van der Waals surface area contributed by atoms with Gasteiger partial charge in [-0.25, -0.2) is 9.78 Å². The van der Waals surface area contributed by atoms with Gasteiger partial charge in [-0.3, -0.25) is 19.2 Å². The smallest absolute Gasteiger partial charge is 0.326 e. The van der Waals surface area contributed by atoms with E-state index < -0.39 is 60.8 Å². The summed E-state index contributed by atoms with van der Waals surface area (Å²) >= 11 is 1.43. The predicted octanol–water partition coefficient (Wildman–Crippen LogP) is -2.32. The Labute approximate surface area is 181 Å². The van der Waals surface area contributed by atoms with Gasteiger partial charge in [0.15, 0.2) is 0 Å². The van der Waals surface area contributed by atoms with Crippen molar-refractivity contribution in [2.45, 2.75) is 37.4 Å². The van der Waals surface area contributed by atoms with Gasteiger partial charge in [-0.1, -0.05) is 0 Å². The van der Waals surface area contributed by atoms with Gasteiger partial charge in [0.25, 0.3) is 0 Å². The molecule has 0 saturated heterocycles. The number of nitrogens with zero attached hydrogens (tertiary/aromatic N) is 1. The summed E-state index contributed by atoms with van der Waals surface area (Å²) in [7, 11) is 0. The Hall–Kier alpha value is -3.13. The van der Waals surface area contributed by atoms with E-state index in [9.17, 15) is 29.1 Å². The SMILES string of the molecule is CSCCC(NC(=O)CNC(=O)C(N)CC(=O)O)C(=O)NC(Cc1cnc[nH]1)C(=O)O. The number of carbonyl (C=O) groups excluding carboxylic acids is 3. The molecule has 0 bridgehead atoms. The minimum Gasteiger partial charge on any atom is -0.481 e. The van der Waals surface area contributed by atoms with Crippen molar-refractivity contribution in [1.29, 1.82) is 0 Å². The molecule has 1 aromatic heterocycles. The lowest BCUT2D eigenvalue weighted by Gasteiger charge is -2.21.